The zero-order valence-electron chi connectivity index (χ0n) is 18.3. The Hall–Kier alpha value is -2.74. The zero-order chi connectivity index (χ0) is 21.7. The molecule has 0 aliphatic carbocycles. The van der Waals surface area contributed by atoms with Crippen molar-refractivity contribution < 1.29 is 14.1 Å². The monoisotopic (exact) mass is 413 g/mol. The smallest absolute Gasteiger partial charge is 0.234 e. The molecule has 0 unspecified atom stereocenters. The van der Waals surface area contributed by atoms with Gasteiger partial charge >= 0.3 is 0 Å². The number of rotatable bonds is 6. The number of nitrogens with one attached hydrogen (secondary N) is 1. The number of hydrogen-bond donors (Lipinski definition) is 1. The average molecular weight is 414 g/mol. The number of aromatic nitrogens is 2. The van der Waals surface area contributed by atoms with Crippen molar-refractivity contribution in [1.82, 2.24) is 25.3 Å². The lowest BCUT2D eigenvalue weighted by Gasteiger charge is -2.35. The van der Waals surface area contributed by atoms with Gasteiger partial charge in [0, 0.05) is 50.1 Å². The van der Waals surface area contributed by atoms with Crippen molar-refractivity contribution >= 4 is 11.8 Å². The van der Waals surface area contributed by atoms with Crippen LogP contribution in [0.5, 0.6) is 0 Å². The fraction of sp³-hybridized carbons (Fsp3) is 0.545. The summed E-state index contributed by atoms with van der Waals surface area (Å²) in [6, 6.07) is 7.91. The summed E-state index contributed by atoms with van der Waals surface area (Å²) in [7, 11) is 0. The zero-order valence-corrected chi connectivity index (χ0v) is 18.3. The van der Waals surface area contributed by atoms with Crippen molar-refractivity contribution in [2.75, 3.05) is 32.7 Å². The summed E-state index contributed by atoms with van der Waals surface area (Å²) in [4.78, 5) is 32.9. The minimum absolute atomic E-state index is 0.0167. The molecule has 1 aromatic carbocycles. The molecule has 30 heavy (non-hydrogen) atoms. The van der Waals surface area contributed by atoms with Gasteiger partial charge in [0.05, 0.1) is 6.54 Å². The molecule has 1 aliphatic rings. The highest BCUT2D eigenvalue weighted by molar-refractivity contribution is 5.79. The fourth-order valence-corrected chi connectivity index (χ4v) is 3.36. The quantitative estimate of drug-likeness (QED) is 0.779. The molecule has 1 saturated heterocycles. The topological polar surface area (TPSA) is 91.6 Å². The Bertz CT molecular complexity index is 862. The van der Waals surface area contributed by atoms with Gasteiger partial charge in [-0.1, -0.05) is 35.0 Å². The van der Waals surface area contributed by atoms with E-state index >= 15 is 0 Å². The highest BCUT2D eigenvalue weighted by Gasteiger charge is 2.24. The Morgan fingerprint density at radius 2 is 1.77 bits per heavy atom. The third-order valence-electron chi connectivity index (χ3n) is 4.94. The van der Waals surface area contributed by atoms with Crippen LogP contribution in [-0.4, -0.2) is 70.0 Å². The van der Waals surface area contributed by atoms with Gasteiger partial charge in [0.1, 0.15) is 0 Å². The molecule has 162 valence electrons. The van der Waals surface area contributed by atoms with Crippen molar-refractivity contribution in [2.24, 2.45) is 0 Å². The fourth-order valence-electron chi connectivity index (χ4n) is 3.36. The highest BCUT2D eigenvalue weighted by Crippen LogP contribution is 2.17. The Labute approximate surface area is 177 Å². The van der Waals surface area contributed by atoms with Crippen LogP contribution in [0.3, 0.4) is 0 Å². The molecule has 1 fully saturated rings. The van der Waals surface area contributed by atoms with Gasteiger partial charge in [-0.05, 0) is 27.7 Å². The second-order valence-corrected chi connectivity index (χ2v) is 8.83. The number of nitrogens with zero attached hydrogens (tertiary/aromatic N) is 4. The first kappa shape index (κ1) is 22.0. The first-order valence-corrected chi connectivity index (χ1v) is 10.4. The molecule has 8 heteroatoms. The predicted octanol–water partition coefficient (Wildman–Crippen LogP) is 2.04. The van der Waals surface area contributed by atoms with E-state index in [0.717, 1.165) is 5.56 Å². The molecule has 2 amide bonds. The summed E-state index contributed by atoms with van der Waals surface area (Å²) in [5.74, 6) is 1.10. The Morgan fingerprint density at radius 3 is 2.40 bits per heavy atom. The number of piperazine rings is 1. The Kier molecular flexibility index (Phi) is 6.87. The van der Waals surface area contributed by atoms with Crippen molar-refractivity contribution in [1.29, 1.82) is 0 Å². The molecule has 1 aromatic heterocycles. The first-order chi connectivity index (χ1) is 14.2. The average Bonchev–Trinajstić information content (AvgIpc) is 3.15. The van der Waals surface area contributed by atoms with E-state index in [1.165, 1.54) is 5.56 Å². The molecule has 0 atom stereocenters. The number of amides is 2. The predicted molar refractivity (Wildman–Crippen MR) is 114 cm³/mol. The van der Waals surface area contributed by atoms with Gasteiger partial charge < -0.3 is 14.7 Å². The van der Waals surface area contributed by atoms with Crippen molar-refractivity contribution in [3.8, 4) is 11.4 Å². The van der Waals surface area contributed by atoms with E-state index < -0.39 is 0 Å². The second kappa shape index (κ2) is 9.38. The van der Waals surface area contributed by atoms with Crippen molar-refractivity contribution in [3.63, 3.8) is 0 Å². The third-order valence-corrected chi connectivity index (χ3v) is 4.94. The molecule has 0 bridgehead atoms. The van der Waals surface area contributed by atoms with Gasteiger partial charge in [0.25, 0.3) is 0 Å². The lowest BCUT2D eigenvalue weighted by molar-refractivity contribution is -0.133. The molecular formula is C22H31N5O3. The third kappa shape index (κ3) is 6.38. The minimum Gasteiger partial charge on any atom is -0.350 e. The lowest BCUT2D eigenvalue weighted by atomic mass is 10.1. The molecule has 0 radical (unpaired) electrons. The summed E-state index contributed by atoms with van der Waals surface area (Å²) >= 11 is 0. The van der Waals surface area contributed by atoms with Gasteiger partial charge in [0.2, 0.25) is 23.5 Å². The molecule has 0 saturated carbocycles. The van der Waals surface area contributed by atoms with Crippen LogP contribution >= 0.6 is 0 Å². The van der Waals surface area contributed by atoms with E-state index in [1.54, 1.807) is 0 Å². The lowest BCUT2D eigenvalue weighted by Crippen LogP contribution is -2.52. The van der Waals surface area contributed by atoms with Gasteiger partial charge in [-0.2, -0.15) is 4.98 Å². The number of aryl methyl sites for hydroxylation is 2. The van der Waals surface area contributed by atoms with Crippen LogP contribution in [0, 0.1) is 6.92 Å². The second-order valence-electron chi connectivity index (χ2n) is 8.83. The van der Waals surface area contributed by atoms with E-state index in [-0.39, 0.29) is 17.4 Å². The molecule has 1 aliphatic heterocycles. The van der Waals surface area contributed by atoms with Crippen LogP contribution in [0.1, 0.15) is 38.6 Å². The SMILES string of the molecule is Cc1ccc(-c2noc(CCC(=O)N3CCN(CC(=O)NC(C)(C)C)CC3)n2)cc1. The molecule has 2 heterocycles. The van der Waals surface area contributed by atoms with E-state index in [1.807, 2.05) is 56.9 Å². The van der Waals surface area contributed by atoms with Crippen LogP contribution in [0.15, 0.2) is 28.8 Å². The van der Waals surface area contributed by atoms with Gasteiger partial charge in [-0.3, -0.25) is 14.5 Å². The van der Waals surface area contributed by atoms with Gasteiger partial charge in [0.15, 0.2) is 0 Å². The van der Waals surface area contributed by atoms with Crippen molar-refractivity contribution in [2.45, 2.75) is 46.1 Å². The number of hydrogen-bond acceptors (Lipinski definition) is 6. The van der Waals surface area contributed by atoms with E-state index in [4.69, 9.17) is 4.52 Å². The summed E-state index contributed by atoms with van der Waals surface area (Å²) in [6.45, 7) is 10.9. The van der Waals surface area contributed by atoms with E-state index in [2.05, 4.69) is 20.4 Å². The number of benzene rings is 1. The molecule has 2 aromatic rings. The largest absolute Gasteiger partial charge is 0.350 e. The van der Waals surface area contributed by atoms with Gasteiger partial charge in [-0.15, -0.1) is 0 Å². The summed E-state index contributed by atoms with van der Waals surface area (Å²) in [6.07, 6.45) is 0.756. The number of carbonyl (C=O) groups excluding carboxylic acids is 2. The standard InChI is InChI=1S/C22H31N5O3/c1-16-5-7-17(8-6-16)21-23-19(30-25-21)9-10-20(29)27-13-11-26(12-14-27)15-18(28)24-22(2,3)4/h5-8H,9-15H2,1-4H3,(H,24,28). The number of carbonyl (C=O) groups is 2. The molecule has 8 nitrogen and oxygen atoms in total. The maximum Gasteiger partial charge on any atom is 0.234 e. The summed E-state index contributed by atoms with van der Waals surface area (Å²) in [5, 5.41) is 6.98. The van der Waals surface area contributed by atoms with E-state index in [0.29, 0.717) is 57.3 Å². The van der Waals surface area contributed by atoms with Crippen LogP contribution in [0.2, 0.25) is 0 Å². The van der Waals surface area contributed by atoms with Crippen LogP contribution in [0.25, 0.3) is 11.4 Å². The molecular weight excluding hydrogens is 382 g/mol. The minimum atomic E-state index is -0.233. The summed E-state index contributed by atoms with van der Waals surface area (Å²) < 4.78 is 5.30. The maximum atomic E-state index is 12.5. The van der Waals surface area contributed by atoms with E-state index in [9.17, 15) is 9.59 Å². The maximum absolute atomic E-state index is 12.5. The van der Waals surface area contributed by atoms with Crippen LogP contribution in [0.4, 0.5) is 0 Å². The molecule has 0 spiro atoms. The van der Waals surface area contributed by atoms with Crippen LogP contribution in [-0.2, 0) is 16.0 Å². The highest BCUT2D eigenvalue weighted by atomic mass is 16.5. The van der Waals surface area contributed by atoms with Gasteiger partial charge in [-0.25, -0.2) is 0 Å². The van der Waals surface area contributed by atoms with Crippen LogP contribution < -0.4 is 5.32 Å². The Morgan fingerprint density at radius 1 is 1.10 bits per heavy atom. The summed E-state index contributed by atoms with van der Waals surface area (Å²) in [5.41, 5.74) is 1.83. The van der Waals surface area contributed by atoms with Crippen molar-refractivity contribution in [3.05, 3.63) is 35.7 Å². The molecule has 1 N–H and O–H groups in total. The normalized spacial score (nSPS) is 15.3. The Balaban J connectivity index is 1.42. The first-order valence-electron chi connectivity index (χ1n) is 10.4. The molecule has 3 rings (SSSR count).